The lowest BCUT2D eigenvalue weighted by molar-refractivity contribution is -0.112. The Labute approximate surface area is 157 Å². The fourth-order valence-electron chi connectivity index (χ4n) is 1.91. The molecule has 27 heavy (non-hydrogen) atoms. The van der Waals surface area contributed by atoms with E-state index in [4.69, 9.17) is 14.7 Å². The summed E-state index contributed by atoms with van der Waals surface area (Å²) < 4.78 is 9.63. The Morgan fingerprint density at radius 1 is 1.11 bits per heavy atom. The van der Waals surface area contributed by atoms with Gasteiger partial charge in [-0.3, -0.25) is 4.79 Å². The Kier molecular flexibility index (Phi) is 9.49. The fraction of sp³-hybridized carbons (Fsp3) is 0.333. The molecule has 2 amide bonds. The van der Waals surface area contributed by atoms with Gasteiger partial charge in [0.25, 0.3) is 5.91 Å². The molecule has 1 aromatic carbocycles. The van der Waals surface area contributed by atoms with Gasteiger partial charge in [0.2, 0.25) is 0 Å². The molecule has 0 spiro atoms. The first kappa shape index (κ1) is 21.5. The minimum Gasteiger partial charge on any atom is -0.462 e. The van der Waals surface area contributed by atoms with Crippen LogP contribution in [0.25, 0.3) is 0 Å². The molecule has 0 atom stereocenters. The van der Waals surface area contributed by atoms with Crippen molar-refractivity contribution in [1.29, 1.82) is 5.26 Å². The average Bonchev–Trinajstić information content (AvgIpc) is 2.65. The first-order chi connectivity index (χ1) is 13.0. The van der Waals surface area contributed by atoms with Gasteiger partial charge in [-0.15, -0.1) is 0 Å². The molecular weight excluding hydrogens is 352 g/mol. The summed E-state index contributed by atoms with van der Waals surface area (Å²) in [7, 11) is 0. The van der Waals surface area contributed by atoms with Crippen LogP contribution in [0.4, 0.5) is 10.5 Å². The van der Waals surface area contributed by atoms with Crippen molar-refractivity contribution in [2.24, 2.45) is 0 Å². The molecule has 0 aromatic heterocycles. The van der Waals surface area contributed by atoms with Gasteiger partial charge < -0.3 is 25.4 Å². The molecule has 0 unspecified atom stereocenters. The smallest absolute Gasteiger partial charge is 0.407 e. The second-order valence-electron chi connectivity index (χ2n) is 4.99. The summed E-state index contributed by atoms with van der Waals surface area (Å²) in [6, 6.07) is 8.11. The maximum atomic E-state index is 12.2. The third kappa shape index (κ3) is 7.48. The van der Waals surface area contributed by atoms with Gasteiger partial charge in [-0.2, -0.15) is 5.26 Å². The summed E-state index contributed by atoms with van der Waals surface area (Å²) in [6.45, 7) is 4.38. The maximum absolute atomic E-state index is 12.2. The molecule has 1 aromatic rings. The van der Waals surface area contributed by atoms with Gasteiger partial charge in [0.05, 0.1) is 24.5 Å². The molecule has 0 saturated carbocycles. The number of amides is 2. The van der Waals surface area contributed by atoms with Crippen LogP contribution < -0.4 is 16.0 Å². The number of hydrogen-bond acceptors (Lipinski definition) is 7. The summed E-state index contributed by atoms with van der Waals surface area (Å²) in [6.07, 6.45) is 0.687. The third-order valence-electron chi connectivity index (χ3n) is 3.10. The number of benzene rings is 1. The predicted octanol–water partition coefficient (Wildman–Crippen LogP) is 1.54. The first-order valence-electron chi connectivity index (χ1n) is 8.35. The number of rotatable bonds is 9. The summed E-state index contributed by atoms with van der Waals surface area (Å²) >= 11 is 0. The number of esters is 1. The van der Waals surface area contributed by atoms with Gasteiger partial charge in [0.1, 0.15) is 11.6 Å². The van der Waals surface area contributed by atoms with Crippen LogP contribution in [0.2, 0.25) is 0 Å². The summed E-state index contributed by atoms with van der Waals surface area (Å²) in [4.78, 5) is 35.3. The number of carbonyl (C=O) groups excluding carboxylic acids is 3. The Hall–Kier alpha value is -3.54. The normalized spacial score (nSPS) is 10.3. The number of nitriles is 1. The third-order valence-corrected chi connectivity index (χ3v) is 3.10. The SMILES string of the molecule is CCOC(=O)NCCN/C=C(/C#N)C(=O)Nc1ccccc1C(=O)OCC. The molecule has 9 heteroatoms. The molecule has 0 fully saturated rings. The molecule has 0 radical (unpaired) electrons. The van der Waals surface area contributed by atoms with E-state index in [1.54, 1.807) is 32.0 Å². The Bertz CT molecular complexity index is 740. The van der Waals surface area contributed by atoms with Crippen molar-refractivity contribution in [3.05, 3.63) is 41.6 Å². The van der Waals surface area contributed by atoms with Crippen molar-refractivity contribution in [3.63, 3.8) is 0 Å². The number of nitrogens with zero attached hydrogens (tertiary/aromatic N) is 1. The van der Waals surface area contributed by atoms with Crippen LogP contribution in [0.15, 0.2) is 36.0 Å². The molecule has 1 rings (SSSR count). The lowest BCUT2D eigenvalue weighted by Gasteiger charge is -2.10. The number of hydrogen-bond donors (Lipinski definition) is 3. The van der Waals surface area contributed by atoms with Crippen molar-refractivity contribution in [3.8, 4) is 6.07 Å². The van der Waals surface area contributed by atoms with Crippen molar-refractivity contribution >= 4 is 23.7 Å². The minimum atomic E-state index is -0.680. The van der Waals surface area contributed by atoms with E-state index in [1.807, 2.05) is 0 Å². The van der Waals surface area contributed by atoms with Crippen LogP contribution in [-0.4, -0.2) is 44.3 Å². The zero-order chi connectivity index (χ0) is 20.1. The van der Waals surface area contributed by atoms with Gasteiger partial charge in [-0.05, 0) is 26.0 Å². The molecule has 0 aliphatic rings. The lowest BCUT2D eigenvalue weighted by atomic mass is 10.1. The zero-order valence-electron chi connectivity index (χ0n) is 15.2. The van der Waals surface area contributed by atoms with E-state index < -0.39 is 18.0 Å². The van der Waals surface area contributed by atoms with Crippen LogP contribution in [-0.2, 0) is 14.3 Å². The van der Waals surface area contributed by atoms with Crippen molar-refractivity contribution in [2.45, 2.75) is 13.8 Å². The maximum Gasteiger partial charge on any atom is 0.407 e. The molecule has 0 aliphatic carbocycles. The van der Waals surface area contributed by atoms with E-state index in [-0.39, 0.29) is 43.1 Å². The number of para-hydroxylation sites is 1. The molecule has 3 N–H and O–H groups in total. The van der Waals surface area contributed by atoms with Crippen LogP contribution in [0.3, 0.4) is 0 Å². The molecule has 0 saturated heterocycles. The highest BCUT2D eigenvalue weighted by atomic mass is 16.5. The van der Waals surface area contributed by atoms with E-state index in [0.29, 0.717) is 0 Å². The standard InChI is InChI=1S/C18H22N4O5/c1-3-26-17(24)14-7-5-6-8-15(14)22-16(23)13(11-19)12-20-9-10-21-18(25)27-4-2/h5-8,12,20H,3-4,9-10H2,1-2H3,(H,21,25)(H,22,23)/b13-12-. The van der Waals surface area contributed by atoms with Crippen LogP contribution in [0.5, 0.6) is 0 Å². The van der Waals surface area contributed by atoms with Gasteiger partial charge >= 0.3 is 12.1 Å². The van der Waals surface area contributed by atoms with E-state index in [0.717, 1.165) is 0 Å². The van der Waals surface area contributed by atoms with Gasteiger partial charge in [-0.1, -0.05) is 12.1 Å². The van der Waals surface area contributed by atoms with Crippen LogP contribution in [0, 0.1) is 11.3 Å². The molecular formula is C18H22N4O5. The van der Waals surface area contributed by atoms with E-state index >= 15 is 0 Å². The number of anilines is 1. The van der Waals surface area contributed by atoms with Crippen molar-refractivity contribution in [1.82, 2.24) is 10.6 Å². The largest absolute Gasteiger partial charge is 0.462 e. The lowest BCUT2D eigenvalue weighted by Crippen LogP contribution is -2.31. The highest BCUT2D eigenvalue weighted by Gasteiger charge is 2.16. The number of carbonyl (C=O) groups is 3. The quantitative estimate of drug-likeness (QED) is 0.259. The topological polar surface area (TPSA) is 130 Å². The van der Waals surface area contributed by atoms with Crippen LogP contribution in [0.1, 0.15) is 24.2 Å². The predicted molar refractivity (Wildman–Crippen MR) is 97.8 cm³/mol. The summed E-state index contributed by atoms with van der Waals surface area (Å²) in [5.41, 5.74) is 0.243. The van der Waals surface area contributed by atoms with Gasteiger partial charge in [-0.25, -0.2) is 9.59 Å². The second-order valence-corrected chi connectivity index (χ2v) is 4.99. The van der Waals surface area contributed by atoms with Crippen molar-refractivity contribution in [2.75, 3.05) is 31.6 Å². The van der Waals surface area contributed by atoms with Gasteiger partial charge in [0.15, 0.2) is 0 Å². The second kappa shape index (κ2) is 11.9. The number of nitrogens with one attached hydrogen (secondary N) is 3. The van der Waals surface area contributed by atoms with E-state index in [9.17, 15) is 14.4 Å². The number of ether oxygens (including phenoxy) is 2. The Morgan fingerprint density at radius 3 is 2.48 bits per heavy atom. The fourth-order valence-corrected chi connectivity index (χ4v) is 1.91. The highest BCUT2D eigenvalue weighted by Crippen LogP contribution is 2.17. The van der Waals surface area contributed by atoms with Crippen LogP contribution >= 0.6 is 0 Å². The average molecular weight is 374 g/mol. The monoisotopic (exact) mass is 374 g/mol. The zero-order valence-corrected chi connectivity index (χ0v) is 15.2. The van der Waals surface area contributed by atoms with Gasteiger partial charge in [0, 0.05) is 19.3 Å². The van der Waals surface area contributed by atoms with E-state index in [1.165, 1.54) is 18.3 Å². The Morgan fingerprint density at radius 2 is 1.81 bits per heavy atom. The molecule has 9 nitrogen and oxygen atoms in total. The van der Waals surface area contributed by atoms with E-state index in [2.05, 4.69) is 16.0 Å². The molecule has 0 heterocycles. The Balaban J connectivity index is 2.65. The highest BCUT2D eigenvalue weighted by molar-refractivity contribution is 6.09. The summed E-state index contributed by atoms with van der Waals surface area (Å²) in [5, 5.41) is 16.9. The molecule has 144 valence electrons. The molecule has 0 bridgehead atoms. The minimum absolute atomic E-state index is 0.190. The summed E-state index contributed by atoms with van der Waals surface area (Å²) in [5.74, 6) is -1.25. The first-order valence-corrected chi connectivity index (χ1v) is 8.35. The number of alkyl carbamates (subject to hydrolysis) is 1. The molecule has 0 aliphatic heterocycles. The van der Waals surface area contributed by atoms with Crippen molar-refractivity contribution < 1.29 is 23.9 Å².